The summed E-state index contributed by atoms with van der Waals surface area (Å²) in [6, 6.07) is 7.66. The molecular formula is C14H14BrNO2. The van der Waals surface area contributed by atoms with Crippen molar-refractivity contribution >= 4 is 15.9 Å². The van der Waals surface area contributed by atoms with E-state index in [0.29, 0.717) is 6.61 Å². The predicted molar refractivity (Wildman–Crippen MR) is 73.4 cm³/mol. The maximum absolute atomic E-state index is 9.35. The van der Waals surface area contributed by atoms with Crippen LogP contribution in [0, 0.1) is 6.92 Å². The molecule has 1 aromatic heterocycles. The number of aliphatic hydroxyl groups is 1. The number of hydrogen-bond acceptors (Lipinski definition) is 3. The molecule has 0 aliphatic carbocycles. The maximum Gasteiger partial charge on any atom is 0.128 e. The van der Waals surface area contributed by atoms with E-state index in [1.165, 1.54) is 0 Å². The van der Waals surface area contributed by atoms with E-state index < -0.39 is 0 Å². The molecule has 1 heterocycles. The number of aryl methyl sites for hydroxylation is 1. The summed E-state index contributed by atoms with van der Waals surface area (Å²) in [6.45, 7) is 2.40. The third-order valence-corrected chi connectivity index (χ3v) is 3.08. The summed E-state index contributed by atoms with van der Waals surface area (Å²) in [5.41, 5.74) is 2.84. The zero-order chi connectivity index (χ0) is 13.0. The fourth-order valence-electron chi connectivity index (χ4n) is 1.76. The number of aromatic nitrogens is 1. The van der Waals surface area contributed by atoms with Crippen molar-refractivity contribution in [3.05, 3.63) is 57.8 Å². The minimum absolute atomic E-state index is 0.0358. The van der Waals surface area contributed by atoms with E-state index in [1.54, 1.807) is 12.4 Å². The van der Waals surface area contributed by atoms with Crippen molar-refractivity contribution in [2.24, 2.45) is 0 Å². The first-order valence-electron chi connectivity index (χ1n) is 5.62. The third kappa shape index (κ3) is 3.09. The Labute approximate surface area is 115 Å². The molecule has 0 amide bonds. The molecule has 0 unspecified atom stereocenters. The van der Waals surface area contributed by atoms with Crippen LogP contribution in [0.5, 0.6) is 5.75 Å². The molecule has 2 aromatic rings. The van der Waals surface area contributed by atoms with Crippen molar-refractivity contribution in [2.75, 3.05) is 0 Å². The van der Waals surface area contributed by atoms with E-state index in [1.807, 2.05) is 31.2 Å². The highest BCUT2D eigenvalue weighted by Gasteiger charge is 2.08. The van der Waals surface area contributed by atoms with Crippen molar-refractivity contribution < 1.29 is 9.84 Å². The Morgan fingerprint density at radius 2 is 2.00 bits per heavy atom. The van der Waals surface area contributed by atoms with Gasteiger partial charge < -0.3 is 9.84 Å². The second-order valence-electron chi connectivity index (χ2n) is 4.01. The number of rotatable bonds is 4. The van der Waals surface area contributed by atoms with E-state index in [2.05, 4.69) is 20.9 Å². The van der Waals surface area contributed by atoms with Crippen molar-refractivity contribution in [3.8, 4) is 5.75 Å². The second-order valence-corrected chi connectivity index (χ2v) is 4.93. The first-order valence-corrected chi connectivity index (χ1v) is 6.41. The van der Waals surface area contributed by atoms with Crippen molar-refractivity contribution in [3.63, 3.8) is 0 Å². The highest BCUT2D eigenvalue weighted by Crippen LogP contribution is 2.28. The summed E-state index contributed by atoms with van der Waals surface area (Å²) in [5.74, 6) is 0.748. The Morgan fingerprint density at radius 1 is 1.28 bits per heavy atom. The lowest BCUT2D eigenvalue weighted by Crippen LogP contribution is -2.01. The fourth-order valence-corrected chi connectivity index (χ4v) is 2.38. The van der Waals surface area contributed by atoms with E-state index in [-0.39, 0.29) is 6.61 Å². The van der Waals surface area contributed by atoms with Gasteiger partial charge in [0.05, 0.1) is 6.61 Å². The summed E-state index contributed by atoms with van der Waals surface area (Å²) >= 11 is 3.41. The molecule has 0 bridgehead atoms. The molecule has 4 heteroatoms. The first-order chi connectivity index (χ1) is 8.70. The van der Waals surface area contributed by atoms with Crippen LogP contribution in [-0.2, 0) is 13.2 Å². The average molecular weight is 308 g/mol. The highest BCUT2D eigenvalue weighted by molar-refractivity contribution is 9.10. The Bertz CT molecular complexity index is 529. The lowest BCUT2D eigenvalue weighted by molar-refractivity contribution is 0.258. The predicted octanol–water partition coefficient (Wildman–Crippen LogP) is 3.22. The monoisotopic (exact) mass is 307 g/mol. The van der Waals surface area contributed by atoms with Crippen LogP contribution in [0.15, 0.2) is 41.1 Å². The Morgan fingerprint density at radius 3 is 2.67 bits per heavy atom. The van der Waals surface area contributed by atoms with Crippen LogP contribution in [0.3, 0.4) is 0 Å². The van der Waals surface area contributed by atoms with E-state index >= 15 is 0 Å². The molecule has 0 saturated carbocycles. The molecule has 0 radical (unpaired) electrons. The Hall–Kier alpha value is -1.39. The molecule has 0 aliphatic heterocycles. The number of ether oxygens (including phenoxy) is 1. The highest BCUT2D eigenvalue weighted by atomic mass is 79.9. The summed E-state index contributed by atoms with van der Waals surface area (Å²) in [5, 5.41) is 9.35. The maximum atomic E-state index is 9.35. The van der Waals surface area contributed by atoms with Crippen LogP contribution in [0.4, 0.5) is 0 Å². The Balaban J connectivity index is 2.19. The van der Waals surface area contributed by atoms with Gasteiger partial charge in [0.1, 0.15) is 12.4 Å². The number of benzene rings is 1. The average Bonchev–Trinajstić information content (AvgIpc) is 2.38. The molecule has 18 heavy (non-hydrogen) atoms. The van der Waals surface area contributed by atoms with Crippen LogP contribution in [0.25, 0.3) is 0 Å². The largest absolute Gasteiger partial charge is 0.488 e. The third-order valence-electron chi connectivity index (χ3n) is 2.62. The van der Waals surface area contributed by atoms with Crippen LogP contribution in [0.2, 0.25) is 0 Å². The molecular weight excluding hydrogens is 294 g/mol. The first kappa shape index (κ1) is 13.1. The lowest BCUT2D eigenvalue weighted by Gasteiger charge is -2.13. The van der Waals surface area contributed by atoms with E-state index in [4.69, 9.17) is 4.74 Å². The molecule has 94 valence electrons. The number of nitrogens with zero attached hydrogens (tertiary/aromatic N) is 1. The molecule has 1 N–H and O–H groups in total. The smallest absolute Gasteiger partial charge is 0.128 e. The molecule has 1 aromatic carbocycles. The molecule has 2 rings (SSSR count). The van der Waals surface area contributed by atoms with Crippen molar-refractivity contribution in [1.82, 2.24) is 4.98 Å². The molecule has 0 fully saturated rings. The quantitative estimate of drug-likeness (QED) is 0.943. The summed E-state index contributed by atoms with van der Waals surface area (Å²) in [6.07, 6.45) is 3.47. The van der Waals surface area contributed by atoms with Crippen LogP contribution >= 0.6 is 15.9 Å². The lowest BCUT2D eigenvalue weighted by atomic mass is 10.1. The van der Waals surface area contributed by atoms with Gasteiger partial charge in [0.25, 0.3) is 0 Å². The van der Waals surface area contributed by atoms with Gasteiger partial charge in [-0.1, -0.05) is 15.9 Å². The summed E-state index contributed by atoms with van der Waals surface area (Å²) < 4.78 is 6.74. The van der Waals surface area contributed by atoms with E-state index in [9.17, 15) is 5.11 Å². The van der Waals surface area contributed by atoms with Crippen LogP contribution < -0.4 is 4.74 Å². The number of pyridine rings is 1. The van der Waals surface area contributed by atoms with Gasteiger partial charge in [0.2, 0.25) is 0 Å². The standard InChI is InChI=1S/C14H14BrNO2/c1-10-6-13(15)7-12(8-17)14(10)18-9-11-2-4-16-5-3-11/h2-7,17H,8-9H2,1H3. The fraction of sp³-hybridized carbons (Fsp3) is 0.214. The Kier molecular flexibility index (Phi) is 4.33. The van der Waals surface area contributed by atoms with Gasteiger partial charge in [0, 0.05) is 22.4 Å². The summed E-state index contributed by atoms with van der Waals surface area (Å²) in [4.78, 5) is 3.96. The van der Waals surface area contributed by atoms with Gasteiger partial charge in [-0.3, -0.25) is 4.98 Å². The van der Waals surface area contributed by atoms with Crippen molar-refractivity contribution in [1.29, 1.82) is 0 Å². The topological polar surface area (TPSA) is 42.4 Å². The van der Waals surface area contributed by atoms with Crippen LogP contribution in [-0.4, -0.2) is 10.1 Å². The van der Waals surface area contributed by atoms with Crippen molar-refractivity contribution in [2.45, 2.75) is 20.1 Å². The zero-order valence-corrected chi connectivity index (χ0v) is 11.6. The normalized spacial score (nSPS) is 10.4. The number of halogens is 1. The molecule has 0 saturated heterocycles. The molecule has 0 atom stereocenters. The molecule has 3 nitrogen and oxygen atoms in total. The second kappa shape index (κ2) is 5.98. The number of aliphatic hydroxyl groups excluding tert-OH is 1. The van der Waals surface area contributed by atoms with Gasteiger partial charge in [-0.05, 0) is 42.3 Å². The summed E-state index contributed by atoms with van der Waals surface area (Å²) in [7, 11) is 0. The SMILES string of the molecule is Cc1cc(Br)cc(CO)c1OCc1ccncc1. The molecule has 0 aliphatic rings. The van der Waals surface area contributed by atoms with Crippen LogP contribution in [0.1, 0.15) is 16.7 Å². The van der Waals surface area contributed by atoms with Gasteiger partial charge >= 0.3 is 0 Å². The van der Waals surface area contributed by atoms with E-state index in [0.717, 1.165) is 26.9 Å². The zero-order valence-electron chi connectivity index (χ0n) is 10.1. The van der Waals surface area contributed by atoms with Gasteiger partial charge in [0.15, 0.2) is 0 Å². The minimum atomic E-state index is -0.0358. The van der Waals surface area contributed by atoms with Gasteiger partial charge in [-0.25, -0.2) is 0 Å². The minimum Gasteiger partial charge on any atom is -0.488 e. The molecule has 0 spiro atoms. The van der Waals surface area contributed by atoms with Gasteiger partial charge in [-0.15, -0.1) is 0 Å². The van der Waals surface area contributed by atoms with Gasteiger partial charge in [-0.2, -0.15) is 0 Å². The number of hydrogen-bond donors (Lipinski definition) is 1.